The fourth-order valence-electron chi connectivity index (χ4n) is 1.65. The molecule has 6 heteroatoms. The van der Waals surface area contributed by atoms with Gasteiger partial charge in [-0.2, -0.15) is 5.10 Å². The fraction of sp³-hybridized carbons (Fsp3) is 0.0667. The minimum absolute atomic E-state index is 0.0862. The number of urea groups is 1. The van der Waals surface area contributed by atoms with E-state index in [4.69, 9.17) is 0 Å². The molecule has 0 bridgehead atoms. The summed E-state index contributed by atoms with van der Waals surface area (Å²) in [6, 6.07) is 11.9. The van der Waals surface area contributed by atoms with Gasteiger partial charge in [-0.15, -0.1) is 0 Å². The van der Waals surface area contributed by atoms with E-state index in [1.54, 1.807) is 24.3 Å². The number of phenols is 1. The molecule has 2 aromatic carbocycles. The first-order valence-electron chi connectivity index (χ1n) is 6.20. The highest BCUT2D eigenvalue weighted by atomic mass is 79.9. The summed E-state index contributed by atoms with van der Waals surface area (Å²) in [4.78, 5) is 11.7. The van der Waals surface area contributed by atoms with Gasteiger partial charge in [-0.05, 0) is 36.8 Å². The second-order valence-electron chi connectivity index (χ2n) is 4.34. The highest BCUT2D eigenvalue weighted by Crippen LogP contribution is 2.19. The first-order chi connectivity index (χ1) is 10.1. The van der Waals surface area contributed by atoms with Crippen LogP contribution in [0.2, 0.25) is 0 Å². The summed E-state index contributed by atoms with van der Waals surface area (Å²) in [5, 5.41) is 16.1. The van der Waals surface area contributed by atoms with Gasteiger partial charge in [0.1, 0.15) is 5.75 Å². The quantitative estimate of drug-likeness (QED) is 0.586. The first-order valence-corrected chi connectivity index (χ1v) is 7.00. The number of para-hydroxylation sites is 1. The topological polar surface area (TPSA) is 73.7 Å². The molecule has 0 aromatic heterocycles. The lowest BCUT2D eigenvalue weighted by molar-refractivity contribution is 0.252. The molecule has 0 unspecified atom stereocenters. The van der Waals surface area contributed by atoms with Gasteiger partial charge in [-0.3, -0.25) is 0 Å². The van der Waals surface area contributed by atoms with E-state index < -0.39 is 6.03 Å². The van der Waals surface area contributed by atoms with Crippen molar-refractivity contribution in [3.8, 4) is 5.75 Å². The number of aromatic hydroxyl groups is 1. The molecule has 0 heterocycles. The van der Waals surface area contributed by atoms with Gasteiger partial charge in [0.15, 0.2) is 0 Å². The molecule has 0 saturated heterocycles. The van der Waals surface area contributed by atoms with E-state index in [1.807, 2.05) is 25.1 Å². The van der Waals surface area contributed by atoms with Crippen molar-refractivity contribution in [2.75, 3.05) is 5.32 Å². The van der Waals surface area contributed by atoms with E-state index in [9.17, 15) is 9.90 Å². The van der Waals surface area contributed by atoms with Crippen LogP contribution < -0.4 is 10.7 Å². The molecule has 0 radical (unpaired) electrons. The summed E-state index contributed by atoms with van der Waals surface area (Å²) in [6.07, 6.45) is 1.37. The molecule has 108 valence electrons. The average molecular weight is 348 g/mol. The van der Waals surface area contributed by atoms with E-state index in [0.717, 1.165) is 15.7 Å². The highest BCUT2D eigenvalue weighted by Gasteiger charge is 2.02. The Hall–Kier alpha value is -2.34. The maximum atomic E-state index is 11.7. The number of phenolic OH excluding ortho intramolecular Hbond substituents is 1. The van der Waals surface area contributed by atoms with E-state index in [-0.39, 0.29) is 5.75 Å². The summed E-state index contributed by atoms with van der Waals surface area (Å²) in [5.41, 5.74) is 4.52. The van der Waals surface area contributed by atoms with Gasteiger partial charge < -0.3 is 10.4 Å². The van der Waals surface area contributed by atoms with Gasteiger partial charge >= 0.3 is 6.03 Å². The number of anilines is 1. The molecule has 0 saturated carbocycles. The number of amides is 2. The van der Waals surface area contributed by atoms with Crippen LogP contribution in [0.1, 0.15) is 11.1 Å². The predicted molar refractivity (Wildman–Crippen MR) is 86.7 cm³/mol. The van der Waals surface area contributed by atoms with Crippen molar-refractivity contribution in [3.05, 3.63) is 58.1 Å². The third-order valence-electron chi connectivity index (χ3n) is 2.75. The average Bonchev–Trinajstić information content (AvgIpc) is 2.45. The van der Waals surface area contributed by atoms with Crippen LogP contribution in [0.15, 0.2) is 52.0 Å². The normalized spacial score (nSPS) is 10.6. The first kappa shape index (κ1) is 15.1. The lowest BCUT2D eigenvalue weighted by Crippen LogP contribution is -2.24. The van der Waals surface area contributed by atoms with E-state index in [1.165, 1.54) is 6.21 Å². The Kier molecular flexibility index (Phi) is 4.94. The van der Waals surface area contributed by atoms with Gasteiger partial charge in [-0.1, -0.05) is 34.1 Å². The van der Waals surface area contributed by atoms with Crippen LogP contribution >= 0.6 is 15.9 Å². The molecule has 5 nitrogen and oxygen atoms in total. The number of hydrogen-bond acceptors (Lipinski definition) is 3. The minimum Gasteiger partial charge on any atom is -0.507 e. The lowest BCUT2D eigenvalue weighted by atomic mass is 10.2. The van der Waals surface area contributed by atoms with Crippen LogP contribution in [0, 0.1) is 6.92 Å². The lowest BCUT2D eigenvalue weighted by Gasteiger charge is -2.06. The van der Waals surface area contributed by atoms with Gasteiger partial charge in [0, 0.05) is 15.7 Å². The molecule has 0 aliphatic rings. The number of hydrogen-bond donors (Lipinski definition) is 3. The number of halogens is 1. The molecule has 2 rings (SSSR count). The Morgan fingerprint density at radius 2 is 2.05 bits per heavy atom. The van der Waals surface area contributed by atoms with Gasteiger partial charge in [0.2, 0.25) is 0 Å². The van der Waals surface area contributed by atoms with Crippen molar-refractivity contribution in [2.45, 2.75) is 6.92 Å². The third kappa shape index (κ3) is 4.32. The van der Waals surface area contributed by atoms with Crippen LogP contribution in [-0.4, -0.2) is 17.4 Å². The van der Waals surface area contributed by atoms with Gasteiger partial charge in [0.05, 0.1) is 6.21 Å². The molecule has 0 aliphatic heterocycles. The van der Waals surface area contributed by atoms with E-state index in [2.05, 4.69) is 31.8 Å². The Morgan fingerprint density at radius 1 is 1.29 bits per heavy atom. The summed E-state index contributed by atoms with van der Waals surface area (Å²) < 4.78 is 0.811. The maximum absolute atomic E-state index is 11.7. The van der Waals surface area contributed by atoms with Crippen molar-refractivity contribution in [1.29, 1.82) is 0 Å². The fourth-order valence-corrected chi connectivity index (χ4v) is 2.03. The monoisotopic (exact) mass is 347 g/mol. The minimum atomic E-state index is -0.449. The number of hydrazone groups is 1. The smallest absolute Gasteiger partial charge is 0.339 e. The Labute approximate surface area is 130 Å². The van der Waals surface area contributed by atoms with Crippen molar-refractivity contribution >= 4 is 33.9 Å². The van der Waals surface area contributed by atoms with Gasteiger partial charge in [-0.25, -0.2) is 10.2 Å². The summed E-state index contributed by atoms with van der Waals surface area (Å²) in [7, 11) is 0. The SMILES string of the molecule is Cc1ccccc1NC(=O)NN=Cc1cc(Br)ccc1O. The van der Waals surface area contributed by atoms with Crippen LogP contribution in [0.25, 0.3) is 0 Å². The van der Waals surface area contributed by atoms with E-state index in [0.29, 0.717) is 5.56 Å². The number of rotatable bonds is 3. The number of benzene rings is 2. The van der Waals surface area contributed by atoms with Crippen LogP contribution in [0.4, 0.5) is 10.5 Å². The molecule has 21 heavy (non-hydrogen) atoms. The molecule has 0 spiro atoms. The highest BCUT2D eigenvalue weighted by molar-refractivity contribution is 9.10. The van der Waals surface area contributed by atoms with Crippen molar-refractivity contribution < 1.29 is 9.90 Å². The molecule has 2 amide bonds. The summed E-state index contributed by atoms with van der Waals surface area (Å²) in [5.74, 6) is 0.0862. The second kappa shape index (κ2) is 6.90. The summed E-state index contributed by atoms with van der Waals surface area (Å²) in [6.45, 7) is 1.90. The zero-order valence-corrected chi connectivity index (χ0v) is 12.9. The Bertz CT molecular complexity index is 686. The zero-order valence-electron chi connectivity index (χ0n) is 11.3. The Balaban J connectivity index is 1.96. The molecule has 0 fully saturated rings. The zero-order chi connectivity index (χ0) is 15.2. The molecule has 0 atom stereocenters. The van der Waals surface area contributed by atoms with Crippen LogP contribution in [-0.2, 0) is 0 Å². The number of nitrogens with zero attached hydrogens (tertiary/aromatic N) is 1. The number of carbonyl (C=O) groups excluding carboxylic acids is 1. The third-order valence-corrected chi connectivity index (χ3v) is 3.25. The number of carbonyl (C=O) groups is 1. The number of nitrogens with one attached hydrogen (secondary N) is 2. The molecule has 0 aliphatic carbocycles. The number of aryl methyl sites for hydroxylation is 1. The standard InChI is InChI=1S/C15H14BrN3O2/c1-10-4-2-3-5-13(10)18-15(21)19-17-9-11-8-12(16)6-7-14(11)20/h2-9,20H,1H3,(H2,18,19,21). The Morgan fingerprint density at radius 3 is 2.81 bits per heavy atom. The maximum Gasteiger partial charge on any atom is 0.339 e. The van der Waals surface area contributed by atoms with Crippen molar-refractivity contribution in [3.63, 3.8) is 0 Å². The molecular formula is C15H14BrN3O2. The molecular weight excluding hydrogens is 334 g/mol. The van der Waals surface area contributed by atoms with Crippen molar-refractivity contribution in [1.82, 2.24) is 5.43 Å². The van der Waals surface area contributed by atoms with E-state index >= 15 is 0 Å². The predicted octanol–water partition coefficient (Wildman–Crippen LogP) is 3.62. The second-order valence-corrected chi connectivity index (χ2v) is 5.26. The van der Waals surface area contributed by atoms with Crippen LogP contribution in [0.3, 0.4) is 0 Å². The van der Waals surface area contributed by atoms with Crippen LogP contribution in [0.5, 0.6) is 5.75 Å². The largest absolute Gasteiger partial charge is 0.507 e. The molecule has 3 N–H and O–H groups in total. The molecule has 2 aromatic rings. The van der Waals surface area contributed by atoms with Gasteiger partial charge in [0.25, 0.3) is 0 Å². The van der Waals surface area contributed by atoms with Crippen molar-refractivity contribution in [2.24, 2.45) is 5.10 Å². The summed E-state index contributed by atoms with van der Waals surface area (Å²) >= 11 is 3.30.